The van der Waals surface area contributed by atoms with Crippen LogP contribution in [0, 0.1) is 6.92 Å². The first-order valence-electron chi connectivity index (χ1n) is 8.65. The molecule has 6 nitrogen and oxygen atoms in total. The van der Waals surface area contributed by atoms with Crippen molar-refractivity contribution in [2.24, 2.45) is 0 Å². The Balaban J connectivity index is 1.97. The third-order valence-corrected chi connectivity index (χ3v) is 4.12. The van der Waals surface area contributed by atoms with E-state index in [0.29, 0.717) is 17.6 Å². The highest BCUT2D eigenvalue weighted by atomic mass is 35.5. The number of ether oxygens (including phenoxy) is 3. The van der Waals surface area contributed by atoms with Gasteiger partial charge in [-0.05, 0) is 49.7 Å². The number of hydrogen-bond acceptors (Lipinski definition) is 5. The van der Waals surface area contributed by atoms with Crippen LogP contribution in [0.5, 0.6) is 11.5 Å². The smallest absolute Gasteiger partial charge is 0.418 e. The van der Waals surface area contributed by atoms with Crippen molar-refractivity contribution in [1.82, 2.24) is 0 Å². The van der Waals surface area contributed by atoms with Gasteiger partial charge in [-0.3, -0.25) is 4.79 Å². The number of carbonyl (C=O) groups excluding carboxylic acids is 2. The van der Waals surface area contributed by atoms with Crippen LogP contribution in [0.4, 0.5) is 18.9 Å². The molecule has 2 aromatic rings. The number of benzene rings is 2. The van der Waals surface area contributed by atoms with Gasteiger partial charge in [-0.25, -0.2) is 4.79 Å². The molecule has 0 aliphatic heterocycles. The van der Waals surface area contributed by atoms with Crippen molar-refractivity contribution in [3.05, 3.63) is 52.5 Å². The molecule has 0 heterocycles. The Labute approximate surface area is 175 Å². The molecular formula is C20H19ClF3NO5. The predicted molar refractivity (Wildman–Crippen MR) is 104 cm³/mol. The first-order chi connectivity index (χ1) is 14.0. The number of carbonyl (C=O) groups is 2. The number of alkyl halides is 3. The van der Waals surface area contributed by atoms with Crippen molar-refractivity contribution >= 4 is 29.2 Å². The standard InChI is InChI=1S/C20H19ClF3NO5/c1-11-4-7-16(17(8-11)28-3)29-10-18(26)30-12(2)19(27)25-15-6-5-13(21)9-14(15)20(22,23)24/h4-9,12H,10H2,1-3H3,(H,25,27). The van der Waals surface area contributed by atoms with Gasteiger partial charge in [0, 0.05) is 5.02 Å². The molecule has 1 amide bonds. The molecule has 0 fully saturated rings. The van der Waals surface area contributed by atoms with E-state index in [4.69, 9.17) is 25.8 Å². The molecule has 0 aromatic heterocycles. The zero-order chi connectivity index (χ0) is 22.5. The SMILES string of the molecule is COc1cc(C)ccc1OCC(=O)OC(C)C(=O)Nc1ccc(Cl)cc1C(F)(F)F. The third-order valence-electron chi connectivity index (χ3n) is 3.89. The lowest BCUT2D eigenvalue weighted by atomic mass is 10.1. The van der Waals surface area contributed by atoms with Gasteiger partial charge in [0.1, 0.15) is 0 Å². The van der Waals surface area contributed by atoms with Gasteiger partial charge in [0.25, 0.3) is 5.91 Å². The molecule has 1 atom stereocenters. The van der Waals surface area contributed by atoms with Crippen LogP contribution in [-0.4, -0.2) is 31.7 Å². The minimum Gasteiger partial charge on any atom is -0.493 e. The number of rotatable bonds is 7. The van der Waals surface area contributed by atoms with E-state index in [2.05, 4.69) is 5.32 Å². The lowest BCUT2D eigenvalue weighted by Gasteiger charge is -2.17. The number of methoxy groups -OCH3 is 1. The Morgan fingerprint density at radius 2 is 1.83 bits per heavy atom. The van der Waals surface area contributed by atoms with Crippen molar-refractivity contribution in [3.63, 3.8) is 0 Å². The van der Waals surface area contributed by atoms with Gasteiger partial charge in [-0.15, -0.1) is 0 Å². The van der Waals surface area contributed by atoms with Gasteiger partial charge in [0.15, 0.2) is 24.2 Å². The maximum Gasteiger partial charge on any atom is 0.418 e. The van der Waals surface area contributed by atoms with Crippen LogP contribution in [0.1, 0.15) is 18.1 Å². The first-order valence-corrected chi connectivity index (χ1v) is 9.03. The molecule has 0 bridgehead atoms. The Morgan fingerprint density at radius 1 is 1.13 bits per heavy atom. The highest BCUT2D eigenvalue weighted by molar-refractivity contribution is 6.30. The highest BCUT2D eigenvalue weighted by Crippen LogP contribution is 2.36. The Hall–Kier alpha value is -2.94. The second kappa shape index (κ2) is 9.71. The summed E-state index contributed by atoms with van der Waals surface area (Å²) < 4.78 is 54.8. The summed E-state index contributed by atoms with van der Waals surface area (Å²) in [5.41, 5.74) is -0.690. The monoisotopic (exact) mass is 445 g/mol. The molecular weight excluding hydrogens is 427 g/mol. The van der Waals surface area contributed by atoms with Gasteiger partial charge in [0.2, 0.25) is 0 Å². The summed E-state index contributed by atoms with van der Waals surface area (Å²) in [6, 6.07) is 7.98. The quantitative estimate of drug-likeness (QED) is 0.629. The summed E-state index contributed by atoms with van der Waals surface area (Å²) in [4.78, 5) is 24.1. The number of nitrogens with one attached hydrogen (secondary N) is 1. The van der Waals surface area contributed by atoms with Crippen LogP contribution in [0.3, 0.4) is 0 Å². The largest absolute Gasteiger partial charge is 0.493 e. The van der Waals surface area contributed by atoms with Crippen molar-refractivity contribution in [1.29, 1.82) is 0 Å². The van der Waals surface area contributed by atoms with Crippen LogP contribution < -0.4 is 14.8 Å². The predicted octanol–water partition coefficient (Wildman–Crippen LogP) is 4.63. The minimum atomic E-state index is -4.73. The molecule has 0 spiro atoms. The van der Waals surface area contributed by atoms with Gasteiger partial charge in [0.05, 0.1) is 18.4 Å². The fraction of sp³-hybridized carbons (Fsp3) is 0.300. The molecule has 2 rings (SSSR count). The lowest BCUT2D eigenvalue weighted by Crippen LogP contribution is -2.32. The van der Waals surface area contributed by atoms with E-state index >= 15 is 0 Å². The second-order valence-electron chi connectivity index (χ2n) is 6.25. The zero-order valence-electron chi connectivity index (χ0n) is 16.3. The van der Waals surface area contributed by atoms with E-state index in [1.807, 2.05) is 6.92 Å². The second-order valence-corrected chi connectivity index (χ2v) is 6.69. The fourth-order valence-electron chi connectivity index (χ4n) is 2.41. The van der Waals surface area contributed by atoms with Crippen molar-refractivity contribution in [3.8, 4) is 11.5 Å². The van der Waals surface area contributed by atoms with Crippen LogP contribution in [-0.2, 0) is 20.5 Å². The summed E-state index contributed by atoms with van der Waals surface area (Å²) in [7, 11) is 1.44. The Morgan fingerprint density at radius 3 is 2.47 bits per heavy atom. The van der Waals surface area contributed by atoms with Gasteiger partial charge in [-0.1, -0.05) is 17.7 Å². The van der Waals surface area contributed by atoms with Crippen LogP contribution >= 0.6 is 11.6 Å². The summed E-state index contributed by atoms with van der Waals surface area (Å²) >= 11 is 5.60. The van der Waals surface area contributed by atoms with Crippen LogP contribution in [0.15, 0.2) is 36.4 Å². The average molecular weight is 446 g/mol. The molecule has 0 radical (unpaired) electrons. The third kappa shape index (κ3) is 6.28. The van der Waals surface area contributed by atoms with E-state index in [-0.39, 0.29) is 5.02 Å². The van der Waals surface area contributed by atoms with Gasteiger partial charge in [-0.2, -0.15) is 13.2 Å². The number of anilines is 1. The Bertz CT molecular complexity index is 933. The van der Waals surface area contributed by atoms with E-state index in [1.54, 1.807) is 18.2 Å². The summed E-state index contributed by atoms with van der Waals surface area (Å²) in [5, 5.41) is 1.96. The number of halogens is 4. The molecule has 0 saturated carbocycles. The summed E-state index contributed by atoms with van der Waals surface area (Å²) in [5.74, 6) is -1.11. The van der Waals surface area contributed by atoms with Crippen LogP contribution in [0.2, 0.25) is 5.02 Å². The topological polar surface area (TPSA) is 73.9 Å². The molecule has 1 unspecified atom stereocenters. The number of aryl methyl sites for hydroxylation is 1. The molecule has 1 N–H and O–H groups in total. The first kappa shape index (κ1) is 23.3. The number of amides is 1. The van der Waals surface area contributed by atoms with E-state index < -0.39 is 42.0 Å². The van der Waals surface area contributed by atoms with Crippen molar-refractivity contribution < 1.29 is 37.0 Å². The molecule has 162 valence electrons. The Kier molecular flexibility index (Phi) is 7.55. The maximum absolute atomic E-state index is 13.1. The normalized spacial score (nSPS) is 12.1. The van der Waals surface area contributed by atoms with Crippen molar-refractivity contribution in [2.45, 2.75) is 26.1 Å². The zero-order valence-corrected chi connectivity index (χ0v) is 17.1. The van der Waals surface area contributed by atoms with Gasteiger partial charge < -0.3 is 19.5 Å². The molecule has 10 heteroatoms. The molecule has 0 saturated heterocycles. The number of esters is 1. The van der Waals surface area contributed by atoms with Crippen LogP contribution in [0.25, 0.3) is 0 Å². The minimum absolute atomic E-state index is 0.136. The van der Waals surface area contributed by atoms with Gasteiger partial charge >= 0.3 is 12.1 Å². The highest BCUT2D eigenvalue weighted by Gasteiger charge is 2.34. The summed E-state index contributed by atoms with van der Waals surface area (Å²) in [6.07, 6.45) is -6.09. The van der Waals surface area contributed by atoms with E-state index in [1.165, 1.54) is 20.1 Å². The summed E-state index contributed by atoms with van der Waals surface area (Å²) in [6.45, 7) is 2.56. The molecule has 0 aliphatic carbocycles. The molecule has 0 aliphatic rings. The number of hydrogen-bond donors (Lipinski definition) is 1. The molecule has 2 aromatic carbocycles. The fourth-order valence-corrected chi connectivity index (χ4v) is 2.58. The lowest BCUT2D eigenvalue weighted by molar-refractivity contribution is -0.155. The molecule has 30 heavy (non-hydrogen) atoms. The average Bonchev–Trinajstić information content (AvgIpc) is 2.67. The van der Waals surface area contributed by atoms with E-state index in [9.17, 15) is 22.8 Å². The maximum atomic E-state index is 13.1. The van der Waals surface area contributed by atoms with E-state index in [0.717, 1.165) is 11.6 Å². The van der Waals surface area contributed by atoms with Crippen molar-refractivity contribution in [2.75, 3.05) is 19.0 Å².